The van der Waals surface area contributed by atoms with Crippen molar-refractivity contribution in [2.75, 3.05) is 0 Å². The number of alkyl halides is 2. The van der Waals surface area contributed by atoms with Gasteiger partial charge < -0.3 is 4.74 Å². The zero-order valence-corrected chi connectivity index (χ0v) is 18.5. The number of hydrogen-bond donors (Lipinski definition) is 0. The maximum absolute atomic E-state index is 14.8. The monoisotopic (exact) mass is 430 g/mol. The van der Waals surface area contributed by atoms with Gasteiger partial charge in [-0.05, 0) is 84.7 Å². The van der Waals surface area contributed by atoms with Crippen molar-refractivity contribution >= 4 is 0 Å². The summed E-state index contributed by atoms with van der Waals surface area (Å²) >= 11 is 0. The van der Waals surface area contributed by atoms with Crippen LogP contribution in [0.3, 0.4) is 0 Å². The molecule has 0 heterocycles. The van der Waals surface area contributed by atoms with Crippen molar-refractivity contribution in [2.24, 2.45) is 11.8 Å². The van der Waals surface area contributed by atoms with Gasteiger partial charge in [0.15, 0.2) is 11.6 Å². The first kappa shape index (κ1) is 22.2. The zero-order chi connectivity index (χ0) is 22.0. The third kappa shape index (κ3) is 5.27. The molecule has 2 fully saturated rings. The summed E-state index contributed by atoms with van der Waals surface area (Å²) in [5.41, 5.74) is 1.74. The Labute approximate surface area is 184 Å². The fourth-order valence-electron chi connectivity index (χ4n) is 5.19. The van der Waals surface area contributed by atoms with Gasteiger partial charge in [0.2, 0.25) is 0 Å². The molecule has 2 aromatic rings. The van der Waals surface area contributed by atoms with Crippen LogP contribution in [0.2, 0.25) is 0 Å². The maximum atomic E-state index is 14.8. The van der Waals surface area contributed by atoms with Gasteiger partial charge in [0.1, 0.15) is 0 Å². The number of rotatable bonds is 5. The summed E-state index contributed by atoms with van der Waals surface area (Å²) < 4.78 is 49.0. The Balaban J connectivity index is 1.43. The van der Waals surface area contributed by atoms with Crippen LogP contribution >= 0.6 is 0 Å². The van der Waals surface area contributed by atoms with E-state index in [2.05, 4.69) is 13.8 Å². The molecule has 4 rings (SSSR count). The largest absolute Gasteiger partial charge is 0.426 e. The minimum atomic E-state index is -3.58. The van der Waals surface area contributed by atoms with Crippen molar-refractivity contribution in [2.45, 2.75) is 83.2 Å². The van der Waals surface area contributed by atoms with Crippen LogP contribution < -0.4 is 4.74 Å². The molecule has 2 aliphatic rings. The molecule has 31 heavy (non-hydrogen) atoms. The molecule has 0 unspecified atom stereocenters. The second-order valence-electron chi connectivity index (χ2n) is 9.84. The number of hydrogen-bond acceptors (Lipinski definition) is 1. The Kier molecular flexibility index (Phi) is 6.64. The molecule has 168 valence electrons. The molecule has 0 atom stereocenters. The molecule has 0 bridgehead atoms. The van der Waals surface area contributed by atoms with Crippen molar-refractivity contribution in [3.05, 3.63) is 65.0 Å². The Hall–Kier alpha value is -1.97. The number of halogens is 3. The molecule has 0 amide bonds. The lowest BCUT2D eigenvalue weighted by Gasteiger charge is -2.27. The predicted octanol–water partition coefficient (Wildman–Crippen LogP) is 8.54. The topological polar surface area (TPSA) is 9.23 Å². The lowest BCUT2D eigenvalue weighted by molar-refractivity contribution is -0.186. The third-order valence-corrected chi connectivity index (χ3v) is 7.42. The molecular formula is C27H33F3O. The van der Waals surface area contributed by atoms with Crippen LogP contribution in [0.1, 0.15) is 93.7 Å². The maximum Gasteiger partial charge on any atom is 0.426 e. The lowest BCUT2D eigenvalue weighted by atomic mass is 9.79. The highest BCUT2D eigenvalue weighted by Crippen LogP contribution is 2.40. The molecule has 0 aromatic heterocycles. The van der Waals surface area contributed by atoms with E-state index >= 15 is 0 Å². The second-order valence-corrected chi connectivity index (χ2v) is 9.84. The molecule has 2 aromatic carbocycles. The van der Waals surface area contributed by atoms with Crippen LogP contribution in [-0.4, -0.2) is 0 Å². The minimum Gasteiger partial charge on any atom is -0.426 e. The quantitative estimate of drug-likeness (QED) is 0.462. The van der Waals surface area contributed by atoms with Crippen LogP contribution in [0.15, 0.2) is 42.5 Å². The SMILES string of the molecule is CC1CCC(c2ccc(C(F)(F)Oc3ccc(C4CCC(C)CC4)cc3F)cc2)CC1. The van der Waals surface area contributed by atoms with Gasteiger partial charge >= 0.3 is 6.11 Å². The van der Waals surface area contributed by atoms with E-state index in [0.717, 1.165) is 55.6 Å². The van der Waals surface area contributed by atoms with Gasteiger partial charge in [0.25, 0.3) is 0 Å². The Morgan fingerprint density at radius 1 is 0.710 bits per heavy atom. The van der Waals surface area contributed by atoms with Gasteiger partial charge in [-0.2, -0.15) is 8.78 Å². The fourth-order valence-corrected chi connectivity index (χ4v) is 5.19. The van der Waals surface area contributed by atoms with Crippen molar-refractivity contribution < 1.29 is 17.9 Å². The van der Waals surface area contributed by atoms with Crippen LogP contribution in [0.5, 0.6) is 5.75 Å². The Morgan fingerprint density at radius 3 is 1.71 bits per heavy atom. The van der Waals surface area contributed by atoms with E-state index in [0.29, 0.717) is 17.8 Å². The molecule has 0 N–H and O–H groups in total. The Bertz CT molecular complexity index is 861. The van der Waals surface area contributed by atoms with E-state index in [1.54, 1.807) is 18.2 Å². The molecule has 0 spiro atoms. The van der Waals surface area contributed by atoms with Crippen molar-refractivity contribution in [3.8, 4) is 5.75 Å². The number of ether oxygens (including phenoxy) is 1. The highest BCUT2D eigenvalue weighted by Gasteiger charge is 2.36. The van der Waals surface area contributed by atoms with Gasteiger partial charge in [0, 0.05) is 0 Å². The molecule has 0 aliphatic heterocycles. The molecule has 1 nitrogen and oxygen atoms in total. The zero-order valence-electron chi connectivity index (χ0n) is 18.5. The number of benzene rings is 2. The fraction of sp³-hybridized carbons (Fsp3) is 0.556. The van der Waals surface area contributed by atoms with Crippen molar-refractivity contribution in [3.63, 3.8) is 0 Å². The van der Waals surface area contributed by atoms with Gasteiger partial charge in [-0.3, -0.25) is 0 Å². The summed E-state index contributed by atoms with van der Waals surface area (Å²) in [5.74, 6) is 1.07. The second kappa shape index (κ2) is 9.26. The average molecular weight is 431 g/mol. The van der Waals surface area contributed by atoms with E-state index in [1.165, 1.54) is 37.1 Å². The van der Waals surface area contributed by atoms with E-state index in [4.69, 9.17) is 4.74 Å². The lowest BCUT2D eigenvalue weighted by Crippen LogP contribution is -2.22. The molecular weight excluding hydrogens is 397 g/mol. The van der Waals surface area contributed by atoms with Crippen molar-refractivity contribution in [1.82, 2.24) is 0 Å². The molecule has 0 saturated heterocycles. The third-order valence-electron chi connectivity index (χ3n) is 7.42. The Morgan fingerprint density at radius 2 is 1.19 bits per heavy atom. The molecule has 0 radical (unpaired) electrons. The summed E-state index contributed by atoms with van der Waals surface area (Å²) in [4.78, 5) is 0. The summed E-state index contributed by atoms with van der Waals surface area (Å²) in [6.45, 7) is 4.50. The summed E-state index contributed by atoms with van der Waals surface area (Å²) in [6.07, 6.45) is 5.27. The first-order valence-electron chi connectivity index (χ1n) is 11.8. The van der Waals surface area contributed by atoms with E-state index < -0.39 is 17.7 Å². The summed E-state index contributed by atoms with van der Waals surface area (Å²) in [7, 11) is 0. The van der Waals surface area contributed by atoms with Gasteiger partial charge in [-0.1, -0.05) is 57.7 Å². The van der Waals surface area contributed by atoms with Crippen LogP contribution in [-0.2, 0) is 6.11 Å². The average Bonchev–Trinajstić information content (AvgIpc) is 2.76. The van der Waals surface area contributed by atoms with E-state index in [1.807, 2.05) is 0 Å². The van der Waals surface area contributed by atoms with Gasteiger partial charge in [-0.25, -0.2) is 4.39 Å². The highest BCUT2D eigenvalue weighted by atomic mass is 19.3. The first-order chi connectivity index (χ1) is 14.8. The van der Waals surface area contributed by atoms with Gasteiger partial charge in [-0.15, -0.1) is 0 Å². The van der Waals surface area contributed by atoms with E-state index in [9.17, 15) is 13.2 Å². The first-order valence-corrected chi connectivity index (χ1v) is 11.8. The van der Waals surface area contributed by atoms with Crippen LogP contribution in [0.4, 0.5) is 13.2 Å². The molecule has 4 heteroatoms. The van der Waals surface area contributed by atoms with Crippen LogP contribution in [0, 0.1) is 17.7 Å². The van der Waals surface area contributed by atoms with Crippen molar-refractivity contribution in [1.29, 1.82) is 0 Å². The predicted molar refractivity (Wildman–Crippen MR) is 118 cm³/mol. The van der Waals surface area contributed by atoms with Crippen LogP contribution in [0.25, 0.3) is 0 Å². The minimum absolute atomic E-state index is 0.245. The smallest absolute Gasteiger partial charge is 0.426 e. The standard InChI is InChI=1S/C27H33F3O/c1-18-3-7-20(8-4-18)21-11-14-24(15-12-21)27(29,30)31-26-16-13-23(17-25(26)28)22-9-5-19(2)6-10-22/h11-20,22H,3-10H2,1-2H3. The van der Waals surface area contributed by atoms with E-state index in [-0.39, 0.29) is 5.56 Å². The molecule has 2 aliphatic carbocycles. The molecule has 2 saturated carbocycles. The normalized spacial score (nSPS) is 27.1. The summed E-state index contributed by atoms with van der Waals surface area (Å²) in [6, 6.07) is 10.9. The van der Waals surface area contributed by atoms with Gasteiger partial charge in [0.05, 0.1) is 5.56 Å². The summed E-state index contributed by atoms with van der Waals surface area (Å²) in [5, 5.41) is 0. The highest BCUT2D eigenvalue weighted by molar-refractivity contribution is 5.33.